The van der Waals surface area contributed by atoms with Gasteiger partial charge in [-0.05, 0) is 115 Å². The lowest BCUT2D eigenvalue weighted by Crippen LogP contribution is -2.80. The molecule has 42 nitrogen and oxygen atoms in total. The topological polar surface area (TPSA) is 633 Å². The second-order valence-electron chi connectivity index (χ2n) is 28.1. The summed E-state index contributed by atoms with van der Waals surface area (Å²) in [6.07, 6.45) is -6.38. The van der Waals surface area contributed by atoms with Crippen LogP contribution in [0.4, 0.5) is 0 Å². The van der Waals surface area contributed by atoms with Crippen LogP contribution in [0.2, 0.25) is 0 Å². The number of carbonyl (C=O) groups is 4. The minimum absolute atomic E-state index is 0.0277. The van der Waals surface area contributed by atoms with Gasteiger partial charge in [-0.25, -0.2) is 10.5 Å². The SMILES string of the molecule is O=C(O)C1CC(N=NC2C(SOOO)CC3CC(S(=O)(=O)O)CC(NC4NC(NC5CCC(NC6NC(NC7CC(S(=O)(=O)O)CC8CC(SOOO)C(N=NC9CC(C(=O)O)CC(C(=O)O)C9)C(O)C87)NC(N(CCO)CCO)N6)CC5)NC(N(CCO)CCO)N4)C3C2O)CC(C(=O)O)C1. The minimum Gasteiger partial charge on any atom is -0.481 e. The van der Waals surface area contributed by atoms with E-state index in [1.807, 2.05) is 0 Å². The molecule has 24 atom stereocenters. The first kappa shape index (κ1) is 82.7. The van der Waals surface area contributed by atoms with Crippen molar-refractivity contribution in [3.63, 3.8) is 0 Å². The fraction of sp³-hybridized carbons (Fsp3) is 0.929. The Bertz CT molecular complexity index is 2780. The maximum atomic E-state index is 13.1. The lowest BCUT2D eigenvalue weighted by Gasteiger charge is -2.52. The summed E-state index contributed by atoms with van der Waals surface area (Å²) in [5.74, 6) is -11.9. The number of carboxylic acids is 4. The average molecular weight is 1540 g/mol. The van der Waals surface area contributed by atoms with Crippen molar-refractivity contribution in [1.29, 1.82) is 0 Å². The molecule has 24 N–H and O–H groups in total. The summed E-state index contributed by atoms with van der Waals surface area (Å²) >= 11 is 1.15. The van der Waals surface area contributed by atoms with E-state index < -0.39 is 199 Å². The highest BCUT2D eigenvalue weighted by Gasteiger charge is 2.56. The Balaban J connectivity index is 0.901. The number of hydrogen-bond acceptors (Lipinski definition) is 38. The molecule has 0 aromatic rings. The van der Waals surface area contributed by atoms with E-state index in [9.17, 15) is 107 Å². The number of aliphatic hydroxyl groups excluding tert-OH is 6. The van der Waals surface area contributed by atoms with Crippen LogP contribution in [-0.4, -0.2) is 293 Å². The number of fused-ring (bicyclic) bond motifs is 2. The maximum absolute atomic E-state index is 13.1. The predicted octanol–water partition coefficient (Wildman–Crippen LogP) is -4.25. The van der Waals surface area contributed by atoms with Crippen LogP contribution in [0.15, 0.2) is 20.5 Å². The summed E-state index contributed by atoms with van der Waals surface area (Å²) in [6.45, 7) is -0.912. The molecule has 2 saturated heterocycles. The molecule has 7 aliphatic carbocycles. The lowest BCUT2D eigenvalue weighted by molar-refractivity contribution is -0.432. The normalized spacial score (nSPS) is 40.3. The molecule has 2 heterocycles. The van der Waals surface area contributed by atoms with Crippen LogP contribution >= 0.6 is 24.1 Å². The highest BCUT2D eigenvalue weighted by Crippen LogP contribution is 2.49. The molecule has 0 bridgehead atoms. The molecule has 0 aromatic carbocycles. The van der Waals surface area contributed by atoms with Gasteiger partial charge < -0.3 is 51.1 Å². The Morgan fingerprint density at radius 3 is 1.04 bits per heavy atom. The highest BCUT2D eigenvalue weighted by atomic mass is 32.2. The number of nitrogens with zero attached hydrogens (tertiary/aromatic N) is 6. The third-order valence-corrected chi connectivity index (χ3v) is 25.9. The standard InChI is InChI=1S/C56H100N16O26S4/c73-9-5-71(6-10-74)55-63-51(61-53(65-55)59-37-23-35(101(89,90)91)19-25-21-39(99-97-95-87)43(45(77)41(25)37)69-67-33-15-27(47(79)80)13-28(16-33)48(81)82)57-31-1-2-32(4-3-31)58-52-62-54(66-56(64-52)72(7-11-75)8-12-76)60-38-24-36(102(92,93)94)20-26-22-40(100-98-96-88)44(46(78)42(26)38)70-68-34-17-29(49(83)84)14-30(18-34)50(85)86/h25-46,51-66,73-78,87-88H,1-24H2,(H,79,80)(H,81,82)(H,83,84)(H,85,86)(H,89,90,91)(H,92,93,94). The first-order valence-electron chi connectivity index (χ1n) is 34.4. The van der Waals surface area contributed by atoms with Crippen molar-refractivity contribution in [1.82, 2.24) is 63.0 Å². The zero-order valence-corrected chi connectivity index (χ0v) is 58.9. The van der Waals surface area contributed by atoms with E-state index in [1.54, 1.807) is 9.80 Å². The first-order valence-corrected chi connectivity index (χ1v) is 39.0. The van der Waals surface area contributed by atoms with E-state index in [1.165, 1.54) is 0 Å². The van der Waals surface area contributed by atoms with Gasteiger partial charge in [0.1, 0.15) is 49.8 Å². The fourth-order valence-electron chi connectivity index (χ4n) is 17.0. The Hall–Kier alpha value is -3.36. The van der Waals surface area contributed by atoms with Crippen LogP contribution in [0.5, 0.6) is 0 Å². The molecule has 0 radical (unpaired) electrons. The molecule has 9 rings (SSSR count). The molecule has 0 aromatic heterocycles. The van der Waals surface area contributed by atoms with Gasteiger partial charge in [0.25, 0.3) is 20.2 Å². The molecule has 46 heteroatoms. The van der Waals surface area contributed by atoms with Crippen molar-refractivity contribution < 1.29 is 125 Å². The van der Waals surface area contributed by atoms with Crippen molar-refractivity contribution in [2.75, 3.05) is 52.6 Å². The monoisotopic (exact) mass is 1540 g/mol. The van der Waals surface area contributed by atoms with E-state index >= 15 is 0 Å². The second kappa shape index (κ2) is 38.1. The third-order valence-electron chi connectivity index (χ3n) is 21.8. The van der Waals surface area contributed by atoms with Gasteiger partial charge in [0.2, 0.25) is 0 Å². The average Bonchev–Trinajstić information content (AvgIpc) is 0.760. The van der Waals surface area contributed by atoms with Crippen LogP contribution < -0.4 is 53.2 Å². The van der Waals surface area contributed by atoms with Gasteiger partial charge in [0.15, 0.2) is 0 Å². The number of nitrogens with one attached hydrogen (secondary N) is 10. The van der Waals surface area contributed by atoms with Gasteiger partial charge in [-0.1, -0.05) is 10.1 Å². The zero-order chi connectivity index (χ0) is 73.7. The van der Waals surface area contributed by atoms with Crippen molar-refractivity contribution in [3.8, 4) is 0 Å². The molecule has 2 aliphatic heterocycles. The van der Waals surface area contributed by atoms with E-state index in [4.69, 9.17) is 8.67 Å². The largest absolute Gasteiger partial charge is 0.481 e. The molecular formula is C56H100N16O26S4. The molecule has 9 fully saturated rings. The Labute approximate surface area is 596 Å². The molecule has 24 unspecified atom stereocenters. The summed E-state index contributed by atoms with van der Waals surface area (Å²) < 4.78 is 83.1. The quantitative estimate of drug-likeness (QED) is 0.00954. The smallest absolute Gasteiger partial charge is 0.306 e. The van der Waals surface area contributed by atoms with Gasteiger partial charge >= 0.3 is 23.9 Å². The molecule has 9 aliphatic rings. The van der Waals surface area contributed by atoms with Gasteiger partial charge in [-0.15, -0.1) is 8.67 Å². The number of hydrogen-bond donors (Lipinski definition) is 24. The first-order chi connectivity index (χ1) is 48.6. The zero-order valence-electron chi connectivity index (χ0n) is 55.6. The van der Waals surface area contributed by atoms with Gasteiger partial charge in [-0.3, -0.25) is 91.3 Å². The van der Waals surface area contributed by atoms with Crippen LogP contribution in [0, 0.1) is 47.3 Å². The predicted molar refractivity (Wildman–Crippen MR) is 353 cm³/mol. The molecule has 584 valence electrons. The number of azo groups is 2. The van der Waals surface area contributed by atoms with Crippen LogP contribution in [0.1, 0.15) is 103 Å². The van der Waals surface area contributed by atoms with Crippen molar-refractivity contribution >= 4 is 68.2 Å². The van der Waals surface area contributed by atoms with Crippen LogP contribution in [0.3, 0.4) is 0 Å². The van der Waals surface area contributed by atoms with Crippen molar-refractivity contribution in [2.45, 2.75) is 222 Å². The van der Waals surface area contributed by atoms with Gasteiger partial charge in [0.05, 0.1) is 95.4 Å². The van der Waals surface area contributed by atoms with E-state index in [0.29, 0.717) is 49.8 Å². The third kappa shape index (κ3) is 22.0. The Kier molecular flexibility index (Phi) is 30.9. The van der Waals surface area contributed by atoms with Crippen molar-refractivity contribution in [3.05, 3.63) is 0 Å². The maximum Gasteiger partial charge on any atom is 0.306 e. The lowest BCUT2D eigenvalue weighted by atomic mass is 9.65. The number of aliphatic carboxylic acids is 4. The van der Waals surface area contributed by atoms with E-state index in [-0.39, 0.29) is 142 Å². The summed E-state index contributed by atoms with van der Waals surface area (Å²) in [4.78, 5) is 51.8. The van der Waals surface area contributed by atoms with Crippen LogP contribution in [0.25, 0.3) is 0 Å². The molecule has 7 saturated carbocycles. The van der Waals surface area contributed by atoms with Gasteiger partial charge in [0, 0.05) is 86.3 Å². The summed E-state index contributed by atoms with van der Waals surface area (Å²) in [5.41, 5.74) is 0. The van der Waals surface area contributed by atoms with E-state index in [0.717, 1.165) is 0 Å². The Morgan fingerprint density at radius 2 is 0.755 bits per heavy atom. The molecule has 102 heavy (non-hydrogen) atoms. The highest BCUT2D eigenvalue weighted by molar-refractivity contribution is 7.95. The minimum atomic E-state index is -4.70. The summed E-state index contributed by atoms with van der Waals surface area (Å²) in [5, 5.41) is 179. The molecule has 0 amide bonds. The molecule has 0 spiro atoms. The summed E-state index contributed by atoms with van der Waals surface area (Å²) in [7, 11) is -9.40. The van der Waals surface area contributed by atoms with E-state index in [2.05, 4.69) is 83.7 Å². The van der Waals surface area contributed by atoms with Crippen molar-refractivity contribution in [2.24, 2.45) is 67.8 Å². The van der Waals surface area contributed by atoms with Gasteiger partial charge in [-0.2, -0.15) is 37.3 Å². The summed E-state index contributed by atoms with van der Waals surface area (Å²) in [6, 6.07) is -6.25. The number of rotatable bonds is 34. The second-order valence-corrected chi connectivity index (χ2v) is 33.4. The number of aliphatic hydroxyl groups is 6. The van der Waals surface area contributed by atoms with Crippen LogP contribution in [-0.2, 0) is 58.2 Å². The number of carboxylic acid groups (broad SMARTS) is 4. The molecular weight excluding hydrogens is 1440 g/mol. The fourth-order valence-corrected chi connectivity index (χ4v) is 20.5. The Morgan fingerprint density at radius 1 is 0.441 bits per heavy atom.